The van der Waals surface area contributed by atoms with E-state index in [9.17, 15) is 10.1 Å². The second-order valence-electron chi connectivity index (χ2n) is 5.35. The third kappa shape index (κ3) is 1.96. The monoisotopic (exact) mass is 316 g/mol. The molecule has 3 aromatic heterocycles. The first kappa shape index (κ1) is 14.0. The zero-order valence-electron chi connectivity index (χ0n) is 12.8. The zero-order chi connectivity index (χ0) is 16.7. The van der Waals surface area contributed by atoms with E-state index in [4.69, 9.17) is 4.42 Å². The molecule has 0 saturated carbocycles. The van der Waals surface area contributed by atoms with Crippen LogP contribution in [0.4, 0.5) is 0 Å². The molecule has 0 aliphatic carbocycles. The van der Waals surface area contributed by atoms with Crippen LogP contribution >= 0.6 is 0 Å². The van der Waals surface area contributed by atoms with E-state index in [1.807, 2.05) is 43.3 Å². The van der Waals surface area contributed by atoms with E-state index < -0.39 is 5.56 Å². The Hall–Kier alpha value is -3.59. The summed E-state index contributed by atoms with van der Waals surface area (Å²) < 4.78 is 7.12. The zero-order valence-corrected chi connectivity index (χ0v) is 12.8. The second-order valence-corrected chi connectivity index (χ2v) is 5.35. The molecule has 0 amide bonds. The molecule has 0 atom stereocenters. The predicted molar refractivity (Wildman–Crippen MR) is 88.8 cm³/mol. The van der Waals surface area contributed by atoms with Gasteiger partial charge in [-0.2, -0.15) is 10.4 Å². The summed E-state index contributed by atoms with van der Waals surface area (Å²) in [5.74, 6) is 0.471. The van der Waals surface area contributed by atoms with E-state index in [0.717, 1.165) is 5.69 Å². The van der Waals surface area contributed by atoms with E-state index in [0.29, 0.717) is 28.1 Å². The van der Waals surface area contributed by atoms with Crippen molar-refractivity contribution in [3.63, 3.8) is 0 Å². The molecule has 0 aliphatic heterocycles. The molecule has 0 aliphatic rings. The number of para-hydroxylation sites is 1. The number of hydrogen-bond acceptors (Lipinski definition) is 4. The summed E-state index contributed by atoms with van der Waals surface area (Å²) in [5, 5.41) is 14.7. The normalized spacial score (nSPS) is 10.8. The quantitative estimate of drug-likeness (QED) is 0.615. The van der Waals surface area contributed by atoms with Crippen LogP contribution in [0.3, 0.4) is 0 Å². The molecular formula is C18H12N4O2. The van der Waals surface area contributed by atoms with Crippen molar-refractivity contribution in [1.29, 1.82) is 5.26 Å². The maximum absolute atomic E-state index is 12.4. The summed E-state index contributed by atoms with van der Waals surface area (Å²) in [6.07, 6.45) is 1.51. The van der Waals surface area contributed by atoms with Gasteiger partial charge in [0.2, 0.25) is 0 Å². The highest BCUT2D eigenvalue weighted by Gasteiger charge is 2.22. The first-order valence-corrected chi connectivity index (χ1v) is 7.35. The molecule has 6 nitrogen and oxygen atoms in total. The summed E-state index contributed by atoms with van der Waals surface area (Å²) in [6.45, 7) is 1.84. The molecule has 1 N–H and O–H groups in total. The van der Waals surface area contributed by atoms with Crippen LogP contribution in [0.2, 0.25) is 0 Å². The topological polar surface area (TPSA) is 87.6 Å². The summed E-state index contributed by atoms with van der Waals surface area (Å²) in [6, 6.07) is 14.9. The van der Waals surface area contributed by atoms with Crippen LogP contribution in [-0.4, -0.2) is 14.8 Å². The number of furan rings is 1. The van der Waals surface area contributed by atoms with Gasteiger partial charge in [-0.1, -0.05) is 18.2 Å². The second kappa shape index (κ2) is 5.25. The molecule has 24 heavy (non-hydrogen) atoms. The number of pyridine rings is 1. The van der Waals surface area contributed by atoms with Crippen molar-refractivity contribution >= 4 is 11.0 Å². The number of aromatic nitrogens is 3. The number of nitriles is 1. The van der Waals surface area contributed by atoms with Crippen LogP contribution in [0, 0.1) is 18.3 Å². The molecule has 0 fully saturated rings. The maximum Gasteiger partial charge on any atom is 0.268 e. The van der Waals surface area contributed by atoms with Gasteiger partial charge in [0, 0.05) is 0 Å². The Morgan fingerprint density at radius 3 is 2.67 bits per heavy atom. The van der Waals surface area contributed by atoms with Crippen LogP contribution in [-0.2, 0) is 0 Å². The van der Waals surface area contributed by atoms with Crippen LogP contribution in [0.1, 0.15) is 11.3 Å². The number of aromatic amines is 1. The SMILES string of the molecule is Cc1nn(-c2ccccc2)c2[nH]c(=O)c(C#N)c(-c3ccco3)c12. The fraction of sp³-hybridized carbons (Fsp3) is 0.0556. The van der Waals surface area contributed by atoms with Gasteiger partial charge in [-0.3, -0.25) is 4.79 Å². The van der Waals surface area contributed by atoms with Gasteiger partial charge in [0.05, 0.1) is 28.6 Å². The lowest BCUT2D eigenvalue weighted by atomic mass is 10.0. The van der Waals surface area contributed by atoms with Crippen LogP contribution in [0.15, 0.2) is 57.9 Å². The van der Waals surface area contributed by atoms with E-state index in [2.05, 4.69) is 10.1 Å². The smallest absolute Gasteiger partial charge is 0.268 e. The molecule has 0 unspecified atom stereocenters. The number of aryl methyl sites for hydroxylation is 1. The van der Waals surface area contributed by atoms with Gasteiger partial charge in [-0.05, 0) is 31.2 Å². The van der Waals surface area contributed by atoms with Gasteiger partial charge < -0.3 is 9.40 Å². The van der Waals surface area contributed by atoms with Gasteiger partial charge in [-0.15, -0.1) is 0 Å². The van der Waals surface area contributed by atoms with Crippen LogP contribution < -0.4 is 5.56 Å². The summed E-state index contributed by atoms with van der Waals surface area (Å²) in [5.41, 5.74) is 2.09. The molecule has 6 heteroatoms. The summed E-state index contributed by atoms with van der Waals surface area (Å²) in [7, 11) is 0. The fourth-order valence-corrected chi connectivity index (χ4v) is 2.88. The average molecular weight is 316 g/mol. The van der Waals surface area contributed by atoms with Crippen molar-refractivity contribution in [3.8, 4) is 23.1 Å². The van der Waals surface area contributed by atoms with E-state index >= 15 is 0 Å². The van der Waals surface area contributed by atoms with Gasteiger partial charge >= 0.3 is 0 Å². The van der Waals surface area contributed by atoms with Crippen molar-refractivity contribution in [2.45, 2.75) is 6.92 Å². The van der Waals surface area contributed by atoms with Crippen molar-refractivity contribution < 1.29 is 4.42 Å². The van der Waals surface area contributed by atoms with Crippen LogP contribution in [0.5, 0.6) is 0 Å². The highest BCUT2D eigenvalue weighted by molar-refractivity contribution is 5.96. The highest BCUT2D eigenvalue weighted by atomic mass is 16.3. The van der Waals surface area contributed by atoms with E-state index in [-0.39, 0.29) is 5.56 Å². The lowest BCUT2D eigenvalue weighted by Gasteiger charge is -2.05. The van der Waals surface area contributed by atoms with Crippen LogP contribution in [0.25, 0.3) is 28.0 Å². The molecule has 116 valence electrons. The minimum Gasteiger partial charge on any atom is -0.464 e. The first-order chi connectivity index (χ1) is 11.7. The summed E-state index contributed by atoms with van der Waals surface area (Å²) in [4.78, 5) is 15.2. The van der Waals surface area contributed by atoms with Gasteiger partial charge in [0.15, 0.2) is 0 Å². The number of benzene rings is 1. The summed E-state index contributed by atoms with van der Waals surface area (Å²) >= 11 is 0. The minimum absolute atomic E-state index is 0.0214. The fourth-order valence-electron chi connectivity index (χ4n) is 2.88. The van der Waals surface area contributed by atoms with Crippen molar-refractivity contribution in [2.75, 3.05) is 0 Å². The molecule has 4 aromatic rings. The highest BCUT2D eigenvalue weighted by Crippen LogP contribution is 2.32. The van der Waals surface area contributed by atoms with Gasteiger partial charge in [-0.25, -0.2) is 4.68 Å². The number of H-pyrrole nitrogens is 1. The minimum atomic E-state index is -0.464. The van der Waals surface area contributed by atoms with E-state index in [1.54, 1.807) is 16.8 Å². The third-order valence-electron chi connectivity index (χ3n) is 3.90. The van der Waals surface area contributed by atoms with Crippen molar-refractivity contribution in [3.05, 3.63) is 70.3 Å². The standard InChI is InChI=1S/C18H12N4O2/c1-11-15-16(14-8-5-9-24-14)13(10-19)18(23)20-17(15)22(21-11)12-6-3-2-4-7-12/h2-9H,1H3,(H,20,23). The number of hydrogen-bond donors (Lipinski definition) is 1. The van der Waals surface area contributed by atoms with Gasteiger partial charge in [0.1, 0.15) is 23.0 Å². The van der Waals surface area contributed by atoms with Gasteiger partial charge in [0.25, 0.3) is 5.56 Å². The Morgan fingerprint density at radius 2 is 2.00 bits per heavy atom. The number of rotatable bonds is 2. The molecule has 0 spiro atoms. The number of nitrogens with zero attached hydrogens (tertiary/aromatic N) is 3. The van der Waals surface area contributed by atoms with E-state index in [1.165, 1.54) is 6.26 Å². The number of nitrogens with one attached hydrogen (secondary N) is 1. The molecule has 4 rings (SSSR count). The third-order valence-corrected chi connectivity index (χ3v) is 3.90. The Labute approximate surface area is 136 Å². The molecular weight excluding hydrogens is 304 g/mol. The first-order valence-electron chi connectivity index (χ1n) is 7.35. The predicted octanol–water partition coefficient (Wildman–Crippen LogP) is 3.15. The Kier molecular flexibility index (Phi) is 3.07. The maximum atomic E-state index is 12.4. The lowest BCUT2D eigenvalue weighted by molar-refractivity contribution is 0.582. The largest absolute Gasteiger partial charge is 0.464 e. The molecule has 0 bridgehead atoms. The Bertz CT molecular complexity index is 1130. The molecule has 1 aromatic carbocycles. The van der Waals surface area contributed by atoms with Crippen molar-refractivity contribution in [1.82, 2.24) is 14.8 Å². The average Bonchev–Trinajstić information content (AvgIpc) is 3.23. The molecule has 0 saturated heterocycles. The molecule has 3 heterocycles. The lowest BCUT2D eigenvalue weighted by Crippen LogP contribution is -2.13. The number of fused-ring (bicyclic) bond motifs is 1. The molecule has 0 radical (unpaired) electrons. The Morgan fingerprint density at radius 1 is 1.21 bits per heavy atom. The van der Waals surface area contributed by atoms with Crippen molar-refractivity contribution in [2.24, 2.45) is 0 Å². The Balaban J connectivity index is 2.17.